The van der Waals surface area contributed by atoms with Crippen LogP contribution in [0.15, 0.2) is 47.4 Å². The number of hydrogen-bond donors (Lipinski definition) is 1. The molecule has 0 heterocycles. The van der Waals surface area contributed by atoms with Gasteiger partial charge in [0.25, 0.3) is 10.0 Å². The van der Waals surface area contributed by atoms with Gasteiger partial charge in [-0.25, -0.2) is 8.42 Å². The molecule has 0 spiro atoms. The minimum absolute atomic E-state index is 0.00505. The van der Waals surface area contributed by atoms with Gasteiger partial charge in [0.15, 0.2) is 0 Å². The van der Waals surface area contributed by atoms with Crippen molar-refractivity contribution in [3.8, 4) is 5.75 Å². The molecule has 0 aliphatic rings. The predicted molar refractivity (Wildman–Crippen MR) is 91.1 cm³/mol. The number of aliphatic carboxylic acids is 1. The van der Waals surface area contributed by atoms with E-state index in [0.717, 1.165) is 9.87 Å². The molecule has 0 saturated carbocycles. The number of anilines is 1. The zero-order valence-corrected chi connectivity index (χ0v) is 14.5. The van der Waals surface area contributed by atoms with Crippen molar-refractivity contribution in [1.29, 1.82) is 0 Å². The molecule has 128 valence electrons. The van der Waals surface area contributed by atoms with Crippen LogP contribution in [0.3, 0.4) is 0 Å². The van der Waals surface area contributed by atoms with E-state index in [9.17, 15) is 18.3 Å². The van der Waals surface area contributed by atoms with Crippen molar-refractivity contribution in [2.75, 3.05) is 18.0 Å². The topological polar surface area (TPSA) is 83.9 Å². The summed E-state index contributed by atoms with van der Waals surface area (Å²) >= 11 is 0. The fraction of sp³-hybridized carbons (Fsp3) is 0.235. The summed E-state index contributed by atoms with van der Waals surface area (Å²) < 4.78 is 31.8. The smallest absolute Gasteiger partial charge is 0.324 e. The van der Waals surface area contributed by atoms with Crippen molar-refractivity contribution in [2.24, 2.45) is 0 Å². The van der Waals surface area contributed by atoms with E-state index >= 15 is 0 Å². The van der Waals surface area contributed by atoms with Crippen LogP contribution in [0.4, 0.5) is 5.69 Å². The molecule has 2 aromatic rings. The Labute approximate surface area is 141 Å². The Kier molecular flexibility index (Phi) is 5.14. The molecule has 0 saturated heterocycles. The zero-order chi connectivity index (χ0) is 17.9. The molecule has 6 nitrogen and oxygen atoms in total. The van der Waals surface area contributed by atoms with E-state index in [-0.39, 0.29) is 4.90 Å². The molecule has 7 heteroatoms. The lowest BCUT2D eigenvalue weighted by Gasteiger charge is -2.25. The summed E-state index contributed by atoms with van der Waals surface area (Å²) in [5.41, 5.74) is 1.88. The molecule has 0 atom stereocenters. The number of ether oxygens (including phenoxy) is 1. The second-order valence-electron chi connectivity index (χ2n) is 5.37. The molecule has 24 heavy (non-hydrogen) atoms. The summed E-state index contributed by atoms with van der Waals surface area (Å²) in [5.74, 6) is -0.710. The second-order valence-corrected chi connectivity index (χ2v) is 7.23. The zero-order valence-electron chi connectivity index (χ0n) is 13.7. The van der Waals surface area contributed by atoms with Gasteiger partial charge in [-0.15, -0.1) is 0 Å². The third kappa shape index (κ3) is 3.68. The van der Waals surface area contributed by atoms with E-state index in [1.807, 2.05) is 13.0 Å². The second kappa shape index (κ2) is 6.92. The first-order chi connectivity index (χ1) is 11.3. The Morgan fingerprint density at radius 3 is 2.29 bits per heavy atom. The molecule has 1 N–H and O–H groups in total. The van der Waals surface area contributed by atoms with Gasteiger partial charge in [0, 0.05) is 0 Å². The summed E-state index contributed by atoms with van der Waals surface area (Å²) in [6.07, 6.45) is 0. The summed E-state index contributed by atoms with van der Waals surface area (Å²) in [6.45, 7) is 2.91. The molecule has 0 aliphatic carbocycles. The maximum Gasteiger partial charge on any atom is 0.324 e. The molecule has 2 aromatic carbocycles. The summed E-state index contributed by atoms with van der Waals surface area (Å²) in [4.78, 5) is 11.2. The molecule has 0 radical (unpaired) electrons. The number of nitrogens with zero attached hydrogens (tertiary/aromatic N) is 1. The minimum atomic E-state index is -4.02. The van der Waals surface area contributed by atoms with Gasteiger partial charge in [-0.3, -0.25) is 9.10 Å². The number of hydrogen-bond acceptors (Lipinski definition) is 4. The quantitative estimate of drug-likeness (QED) is 0.866. The van der Waals surface area contributed by atoms with Gasteiger partial charge in [0.05, 0.1) is 17.7 Å². The summed E-state index contributed by atoms with van der Waals surface area (Å²) in [6, 6.07) is 11.1. The van der Waals surface area contributed by atoms with E-state index in [4.69, 9.17) is 4.74 Å². The number of methoxy groups -OCH3 is 1. The standard InChI is InChI=1S/C17H19NO5S/c1-12-4-5-13(2)16(10-12)18(11-17(19)20)24(21,22)15-8-6-14(23-3)7-9-15/h4-10H,11H2,1-3H3,(H,19,20). The van der Waals surface area contributed by atoms with Crippen LogP contribution in [-0.4, -0.2) is 33.1 Å². The molecule has 0 amide bonds. The number of rotatable bonds is 6. The average molecular weight is 349 g/mol. The summed E-state index contributed by atoms with van der Waals surface area (Å²) in [7, 11) is -2.53. The van der Waals surface area contributed by atoms with E-state index in [1.54, 1.807) is 19.1 Å². The van der Waals surface area contributed by atoms with E-state index in [1.165, 1.54) is 31.4 Å². The Hall–Kier alpha value is -2.54. The predicted octanol–water partition coefficient (Wildman–Crippen LogP) is 2.59. The van der Waals surface area contributed by atoms with Crippen LogP contribution in [0.1, 0.15) is 11.1 Å². The highest BCUT2D eigenvalue weighted by Crippen LogP contribution is 2.28. The van der Waals surface area contributed by atoms with Gasteiger partial charge in [0.2, 0.25) is 0 Å². The molecular formula is C17H19NO5S. The molecule has 2 rings (SSSR count). The van der Waals surface area contributed by atoms with Crippen molar-refractivity contribution in [3.05, 3.63) is 53.6 Å². The monoisotopic (exact) mass is 349 g/mol. The van der Waals surface area contributed by atoms with E-state index < -0.39 is 22.5 Å². The highest BCUT2D eigenvalue weighted by atomic mass is 32.2. The SMILES string of the molecule is COc1ccc(S(=O)(=O)N(CC(=O)O)c2cc(C)ccc2C)cc1. The number of carboxylic acid groups (broad SMARTS) is 1. The van der Waals surface area contributed by atoms with Gasteiger partial charge in [-0.1, -0.05) is 12.1 Å². The maximum absolute atomic E-state index is 13.0. The Morgan fingerprint density at radius 2 is 1.75 bits per heavy atom. The number of benzene rings is 2. The number of aryl methyl sites for hydroxylation is 2. The Balaban J connectivity index is 2.57. The van der Waals surface area contributed by atoms with Crippen LogP contribution < -0.4 is 9.04 Å². The number of carboxylic acids is 1. The van der Waals surface area contributed by atoms with Gasteiger partial charge in [-0.05, 0) is 55.3 Å². The van der Waals surface area contributed by atoms with Crippen LogP contribution in [0, 0.1) is 13.8 Å². The maximum atomic E-state index is 13.0. The third-order valence-electron chi connectivity index (χ3n) is 3.56. The van der Waals surface area contributed by atoms with Crippen molar-refractivity contribution in [1.82, 2.24) is 0 Å². The lowest BCUT2D eigenvalue weighted by atomic mass is 10.1. The lowest BCUT2D eigenvalue weighted by molar-refractivity contribution is -0.135. The van der Waals surface area contributed by atoms with Crippen LogP contribution >= 0.6 is 0 Å². The van der Waals surface area contributed by atoms with E-state index in [0.29, 0.717) is 17.0 Å². The van der Waals surface area contributed by atoms with Crippen molar-refractivity contribution < 1.29 is 23.1 Å². The van der Waals surface area contributed by atoms with Crippen LogP contribution in [0.25, 0.3) is 0 Å². The molecule has 0 bridgehead atoms. The van der Waals surface area contributed by atoms with Crippen molar-refractivity contribution >= 4 is 21.7 Å². The molecule has 0 fully saturated rings. The fourth-order valence-corrected chi connectivity index (χ4v) is 3.76. The third-order valence-corrected chi connectivity index (χ3v) is 5.33. The minimum Gasteiger partial charge on any atom is -0.497 e. The first-order valence-electron chi connectivity index (χ1n) is 7.21. The van der Waals surface area contributed by atoms with Gasteiger partial charge < -0.3 is 9.84 Å². The molecule has 0 aliphatic heterocycles. The largest absolute Gasteiger partial charge is 0.497 e. The number of carbonyl (C=O) groups is 1. The normalized spacial score (nSPS) is 11.1. The lowest BCUT2D eigenvalue weighted by Crippen LogP contribution is -2.36. The Morgan fingerprint density at radius 1 is 1.12 bits per heavy atom. The molecule has 0 aromatic heterocycles. The van der Waals surface area contributed by atoms with Crippen LogP contribution in [-0.2, 0) is 14.8 Å². The summed E-state index contributed by atoms with van der Waals surface area (Å²) in [5, 5.41) is 9.17. The fourth-order valence-electron chi connectivity index (χ4n) is 2.29. The van der Waals surface area contributed by atoms with Crippen LogP contribution in [0.2, 0.25) is 0 Å². The van der Waals surface area contributed by atoms with Gasteiger partial charge >= 0.3 is 5.97 Å². The average Bonchev–Trinajstić information content (AvgIpc) is 2.55. The number of sulfonamides is 1. The van der Waals surface area contributed by atoms with Gasteiger partial charge in [-0.2, -0.15) is 0 Å². The van der Waals surface area contributed by atoms with Gasteiger partial charge in [0.1, 0.15) is 12.3 Å². The first kappa shape index (κ1) is 17.8. The Bertz CT molecular complexity index is 844. The van der Waals surface area contributed by atoms with Crippen LogP contribution in [0.5, 0.6) is 5.75 Å². The highest BCUT2D eigenvalue weighted by Gasteiger charge is 2.28. The van der Waals surface area contributed by atoms with E-state index in [2.05, 4.69) is 0 Å². The molecular weight excluding hydrogens is 330 g/mol. The highest BCUT2D eigenvalue weighted by molar-refractivity contribution is 7.92. The van der Waals surface area contributed by atoms with Crippen molar-refractivity contribution in [2.45, 2.75) is 18.7 Å². The van der Waals surface area contributed by atoms with Crippen molar-refractivity contribution in [3.63, 3.8) is 0 Å². The molecule has 0 unspecified atom stereocenters. The first-order valence-corrected chi connectivity index (χ1v) is 8.65.